The van der Waals surface area contributed by atoms with E-state index in [1.807, 2.05) is 41.0 Å². The number of ether oxygens (including phenoxy) is 3. The van der Waals surface area contributed by atoms with E-state index in [1.165, 1.54) is 5.56 Å². The zero-order valence-electron chi connectivity index (χ0n) is 28.5. The third-order valence-electron chi connectivity index (χ3n) is 8.07. The number of rotatable bonds is 9. The fourth-order valence-corrected chi connectivity index (χ4v) is 5.86. The topological polar surface area (TPSA) is 114 Å². The van der Waals surface area contributed by atoms with Crippen molar-refractivity contribution in [1.29, 1.82) is 0 Å². The van der Waals surface area contributed by atoms with Crippen molar-refractivity contribution < 1.29 is 37.8 Å². The van der Waals surface area contributed by atoms with Crippen LogP contribution in [0.25, 0.3) is 0 Å². The maximum atomic E-state index is 15.6. The van der Waals surface area contributed by atoms with Gasteiger partial charge in [0.2, 0.25) is 5.91 Å². The van der Waals surface area contributed by atoms with Crippen LogP contribution in [0, 0.1) is 6.92 Å². The molecule has 10 nitrogen and oxygen atoms in total. The summed E-state index contributed by atoms with van der Waals surface area (Å²) in [5, 5.41) is 2.41. The summed E-state index contributed by atoms with van der Waals surface area (Å²) in [4.78, 5) is 55.0. The van der Waals surface area contributed by atoms with Crippen molar-refractivity contribution in [3.8, 4) is 5.75 Å². The van der Waals surface area contributed by atoms with E-state index in [0.29, 0.717) is 32.5 Å². The summed E-state index contributed by atoms with van der Waals surface area (Å²) in [7, 11) is 0. The van der Waals surface area contributed by atoms with Gasteiger partial charge < -0.3 is 24.4 Å². The molecule has 2 aromatic rings. The number of nitrogens with zero attached hydrogens (tertiary/aromatic N) is 2. The minimum atomic E-state index is -1.32. The van der Waals surface area contributed by atoms with Gasteiger partial charge in [-0.05, 0) is 91.1 Å². The first-order chi connectivity index (χ1) is 22.0. The van der Waals surface area contributed by atoms with Crippen LogP contribution in [0.4, 0.5) is 9.18 Å². The monoisotopic (exact) mass is 653 g/mol. The largest absolute Gasteiger partial charge is 0.458 e. The van der Waals surface area contributed by atoms with Crippen LogP contribution in [-0.2, 0) is 30.4 Å². The molecule has 2 aliphatic heterocycles. The molecule has 1 N–H and O–H groups in total. The third-order valence-corrected chi connectivity index (χ3v) is 8.07. The minimum absolute atomic E-state index is 0.0533. The van der Waals surface area contributed by atoms with Gasteiger partial charge in [0.25, 0.3) is 0 Å². The number of carbonyl (C=O) groups is 4. The number of hydrogen-bond acceptors (Lipinski definition) is 8. The lowest BCUT2D eigenvalue weighted by Crippen LogP contribution is -2.49. The number of nitrogens with one attached hydrogen (secondary N) is 1. The van der Waals surface area contributed by atoms with Gasteiger partial charge in [-0.25, -0.2) is 14.0 Å². The second-order valence-electron chi connectivity index (χ2n) is 14.4. The molecule has 2 heterocycles. The Morgan fingerprint density at radius 3 is 2.15 bits per heavy atom. The van der Waals surface area contributed by atoms with Crippen molar-refractivity contribution in [2.45, 2.75) is 110 Å². The molecule has 2 amide bonds. The summed E-state index contributed by atoms with van der Waals surface area (Å²) in [6, 6.07) is 13.1. The van der Waals surface area contributed by atoms with Gasteiger partial charge >= 0.3 is 18.0 Å². The highest BCUT2D eigenvalue weighted by atomic mass is 19.1. The fraction of sp³-hybridized carbons (Fsp3) is 0.556. The SMILES string of the molecule is Cc1ccc(CN2CCC(N3CCC(c4ccc(OC(=O)CC(NC(=O)OC(C)(C)C)C(=O)OC(C)(C)C)cc4)C(F)C3)C2=O)cc1. The molecule has 2 aromatic carbocycles. The van der Waals surface area contributed by atoms with Crippen molar-refractivity contribution in [2.75, 3.05) is 19.6 Å². The molecule has 4 rings (SSSR count). The summed E-state index contributed by atoms with van der Waals surface area (Å²) in [5.74, 6) is -1.64. The van der Waals surface area contributed by atoms with Crippen LogP contribution in [0.2, 0.25) is 0 Å². The number of esters is 2. The molecule has 2 aliphatic rings. The molecule has 0 radical (unpaired) electrons. The number of amides is 2. The number of halogens is 1. The van der Waals surface area contributed by atoms with E-state index in [0.717, 1.165) is 11.1 Å². The Morgan fingerprint density at radius 1 is 0.915 bits per heavy atom. The van der Waals surface area contributed by atoms with Crippen LogP contribution in [0.1, 0.15) is 83.4 Å². The molecular formula is C36H48FN3O7. The number of likely N-dealkylation sites (tertiary alicyclic amines) is 2. The summed E-state index contributed by atoms with van der Waals surface area (Å²) in [6.45, 7) is 14.1. The summed E-state index contributed by atoms with van der Waals surface area (Å²) >= 11 is 0. The molecular weight excluding hydrogens is 605 g/mol. The molecule has 4 atom stereocenters. The van der Waals surface area contributed by atoms with Gasteiger partial charge in [0.05, 0.1) is 12.5 Å². The van der Waals surface area contributed by atoms with Crippen molar-refractivity contribution in [3.63, 3.8) is 0 Å². The Bertz CT molecular complexity index is 1420. The van der Waals surface area contributed by atoms with Crippen molar-refractivity contribution in [3.05, 3.63) is 65.2 Å². The highest BCUT2D eigenvalue weighted by Crippen LogP contribution is 2.34. The zero-order valence-corrected chi connectivity index (χ0v) is 28.5. The average molecular weight is 654 g/mol. The second kappa shape index (κ2) is 14.8. The first-order valence-corrected chi connectivity index (χ1v) is 16.2. The third kappa shape index (κ3) is 10.5. The fourth-order valence-electron chi connectivity index (χ4n) is 5.86. The summed E-state index contributed by atoms with van der Waals surface area (Å²) in [6.07, 6.45) is -1.28. The van der Waals surface area contributed by atoms with Crippen LogP contribution in [0.5, 0.6) is 5.75 Å². The molecule has 0 aromatic heterocycles. The maximum Gasteiger partial charge on any atom is 0.408 e. The number of alkyl carbamates (subject to hydrolysis) is 1. The molecule has 2 saturated heterocycles. The van der Waals surface area contributed by atoms with E-state index >= 15 is 4.39 Å². The summed E-state index contributed by atoms with van der Waals surface area (Å²) < 4.78 is 31.6. The molecule has 2 fully saturated rings. The van der Waals surface area contributed by atoms with Gasteiger partial charge in [-0.1, -0.05) is 42.0 Å². The minimum Gasteiger partial charge on any atom is -0.458 e. The van der Waals surface area contributed by atoms with Crippen LogP contribution in [0.3, 0.4) is 0 Å². The van der Waals surface area contributed by atoms with Gasteiger partial charge in [0.15, 0.2) is 0 Å². The Balaban J connectivity index is 1.31. The maximum absolute atomic E-state index is 15.6. The number of alkyl halides is 1. The second-order valence-corrected chi connectivity index (χ2v) is 14.4. The predicted octanol–water partition coefficient (Wildman–Crippen LogP) is 5.45. The first kappa shape index (κ1) is 35.9. The average Bonchev–Trinajstić information content (AvgIpc) is 3.32. The number of benzene rings is 2. The number of hydrogen-bond donors (Lipinski definition) is 1. The normalized spacial score (nSPS) is 21.2. The molecule has 0 aliphatic carbocycles. The predicted molar refractivity (Wildman–Crippen MR) is 175 cm³/mol. The van der Waals surface area contributed by atoms with Crippen molar-refractivity contribution in [2.24, 2.45) is 0 Å². The molecule has 47 heavy (non-hydrogen) atoms. The van der Waals surface area contributed by atoms with E-state index in [9.17, 15) is 19.2 Å². The number of aryl methyl sites for hydroxylation is 1. The lowest BCUT2D eigenvalue weighted by molar-refractivity contribution is -0.159. The van der Waals surface area contributed by atoms with Crippen LogP contribution < -0.4 is 10.1 Å². The Morgan fingerprint density at radius 2 is 1.55 bits per heavy atom. The van der Waals surface area contributed by atoms with E-state index in [1.54, 1.807) is 65.8 Å². The quantitative estimate of drug-likeness (QED) is 0.281. The van der Waals surface area contributed by atoms with Gasteiger partial charge in [-0.2, -0.15) is 0 Å². The zero-order chi connectivity index (χ0) is 34.5. The highest BCUT2D eigenvalue weighted by molar-refractivity contribution is 5.87. The Labute approximate surface area is 276 Å². The van der Waals surface area contributed by atoms with Crippen LogP contribution >= 0.6 is 0 Å². The lowest BCUT2D eigenvalue weighted by atomic mass is 9.87. The van der Waals surface area contributed by atoms with E-state index in [2.05, 4.69) is 5.32 Å². The van der Waals surface area contributed by atoms with Crippen molar-refractivity contribution >= 4 is 23.9 Å². The highest BCUT2D eigenvalue weighted by Gasteiger charge is 2.40. The molecule has 0 spiro atoms. The standard InChI is InChI=1S/C36H48FN3O7/c1-23-8-10-24(11-9-23)21-40-19-17-30(32(40)42)39-18-16-27(28(37)22-39)25-12-14-26(15-13-25)45-31(41)20-29(33(43)46-35(2,3)4)38-34(44)47-36(5,6)7/h8-15,27-30H,16-22H2,1-7H3,(H,38,44). The van der Waals surface area contributed by atoms with Crippen LogP contribution in [-0.4, -0.2) is 82.8 Å². The smallest absolute Gasteiger partial charge is 0.408 e. The Kier molecular flexibility index (Phi) is 11.3. The van der Waals surface area contributed by atoms with E-state index in [-0.39, 0.29) is 30.2 Å². The van der Waals surface area contributed by atoms with Gasteiger partial charge in [-0.3, -0.25) is 14.5 Å². The number of piperidine rings is 1. The molecule has 0 saturated carbocycles. The van der Waals surface area contributed by atoms with Crippen LogP contribution in [0.15, 0.2) is 48.5 Å². The molecule has 256 valence electrons. The lowest BCUT2D eigenvalue weighted by Gasteiger charge is -2.37. The Hall–Kier alpha value is -3.99. The van der Waals surface area contributed by atoms with Gasteiger partial charge in [0.1, 0.15) is 29.2 Å². The molecule has 0 bridgehead atoms. The molecule has 4 unspecified atom stereocenters. The van der Waals surface area contributed by atoms with E-state index < -0.39 is 47.9 Å². The number of carbonyl (C=O) groups excluding carboxylic acids is 4. The van der Waals surface area contributed by atoms with Gasteiger partial charge in [0, 0.05) is 25.6 Å². The van der Waals surface area contributed by atoms with Crippen molar-refractivity contribution in [1.82, 2.24) is 15.1 Å². The summed E-state index contributed by atoms with van der Waals surface area (Å²) in [5.41, 5.74) is 1.38. The van der Waals surface area contributed by atoms with Gasteiger partial charge in [-0.15, -0.1) is 0 Å². The first-order valence-electron chi connectivity index (χ1n) is 16.2. The molecule has 11 heteroatoms. The van der Waals surface area contributed by atoms with E-state index in [4.69, 9.17) is 14.2 Å².